The maximum absolute atomic E-state index is 14.3. The van der Waals surface area contributed by atoms with E-state index in [2.05, 4.69) is 10.3 Å². The molecule has 3 aromatic rings. The molecule has 0 saturated carbocycles. The molecule has 0 bridgehead atoms. The van der Waals surface area contributed by atoms with Crippen LogP contribution in [-0.4, -0.2) is 93.5 Å². The van der Waals surface area contributed by atoms with Crippen molar-refractivity contribution in [1.29, 1.82) is 0 Å². The summed E-state index contributed by atoms with van der Waals surface area (Å²) in [6.07, 6.45) is -5.43. The zero-order valence-corrected chi connectivity index (χ0v) is 25.3. The third-order valence-corrected chi connectivity index (χ3v) is 6.57. The van der Waals surface area contributed by atoms with Crippen LogP contribution in [0, 0.1) is 5.82 Å². The van der Waals surface area contributed by atoms with Crippen LogP contribution in [0.15, 0.2) is 47.7 Å². The first-order valence-corrected chi connectivity index (χ1v) is 13.7. The van der Waals surface area contributed by atoms with Crippen LogP contribution in [0.25, 0.3) is 10.9 Å². The second kappa shape index (κ2) is 14.7. The zero-order chi connectivity index (χ0) is 34.3. The molecule has 1 aromatic carbocycles. The summed E-state index contributed by atoms with van der Waals surface area (Å²) in [6.45, 7) is -0.472. The molecule has 0 aliphatic heterocycles. The molecule has 248 valence electrons. The Morgan fingerprint density at radius 1 is 1.11 bits per heavy atom. The predicted molar refractivity (Wildman–Crippen MR) is 157 cm³/mol. The first kappa shape index (κ1) is 35.3. The highest BCUT2D eigenvalue weighted by Gasteiger charge is 2.29. The van der Waals surface area contributed by atoms with Gasteiger partial charge in [0.05, 0.1) is 30.3 Å². The van der Waals surface area contributed by atoms with Gasteiger partial charge in [-0.15, -0.1) is 0 Å². The third-order valence-electron chi connectivity index (χ3n) is 6.57. The fourth-order valence-electron chi connectivity index (χ4n) is 4.34. The molecule has 13 nitrogen and oxygen atoms in total. The van der Waals surface area contributed by atoms with E-state index in [1.807, 2.05) is 0 Å². The van der Waals surface area contributed by atoms with Gasteiger partial charge < -0.3 is 25.0 Å². The van der Waals surface area contributed by atoms with Gasteiger partial charge in [-0.3, -0.25) is 19.0 Å². The zero-order valence-electron chi connectivity index (χ0n) is 25.3. The number of aromatic nitrogens is 3. The number of allylic oxidation sites excluding steroid dienone is 1. The van der Waals surface area contributed by atoms with Crippen molar-refractivity contribution in [2.24, 2.45) is 0 Å². The van der Waals surface area contributed by atoms with Crippen molar-refractivity contribution in [2.75, 3.05) is 33.5 Å². The van der Waals surface area contributed by atoms with Crippen molar-refractivity contribution in [3.05, 3.63) is 70.3 Å². The number of amides is 3. The van der Waals surface area contributed by atoms with Crippen molar-refractivity contribution in [3.63, 3.8) is 0 Å². The molecule has 1 unspecified atom stereocenters. The number of aryl methyl sites for hydroxylation is 1. The second-order valence-corrected chi connectivity index (χ2v) is 10.6. The van der Waals surface area contributed by atoms with Crippen LogP contribution in [0.3, 0.4) is 0 Å². The number of ether oxygens (including phenoxy) is 1. The highest BCUT2D eigenvalue weighted by molar-refractivity contribution is 5.95. The van der Waals surface area contributed by atoms with E-state index in [1.54, 1.807) is 14.1 Å². The van der Waals surface area contributed by atoms with Gasteiger partial charge in [0.1, 0.15) is 11.5 Å². The van der Waals surface area contributed by atoms with Crippen LogP contribution in [0.4, 0.5) is 32.8 Å². The molecule has 0 spiro atoms. The molecule has 0 radical (unpaired) electrons. The lowest BCUT2D eigenvalue weighted by Crippen LogP contribution is -2.37. The molecule has 0 aliphatic carbocycles. The van der Waals surface area contributed by atoms with Crippen LogP contribution in [0.1, 0.15) is 30.5 Å². The quantitative estimate of drug-likeness (QED) is 0.234. The Kier molecular flexibility index (Phi) is 11.3. The van der Waals surface area contributed by atoms with Crippen LogP contribution in [-0.2, 0) is 27.3 Å². The number of hydrogen-bond acceptors (Lipinski definition) is 7. The Morgan fingerprint density at radius 2 is 1.80 bits per heavy atom. The third kappa shape index (κ3) is 9.15. The number of halogens is 4. The van der Waals surface area contributed by atoms with Crippen LogP contribution in [0.2, 0.25) is 0 Å². The number of carboxylic acid groups (broad SMARTS) is 1. The number of nitrogens with zero attached hydrogens (tertiary/aromatic N) is 5. The number of carbonyl (C=O) groups is 4. The highest BCUT2D eigenvalue weighted by Crippen LogP contribution is 2.29. The smallest absolute Gasteiger partial charge is 0.416 e. The summed E-state index contributed by atoms with van der Waals surface area (Å²) in [4.78, 5) is 68.9. The van der Waals surface area contributed by atoms with Gasteiger partial charge in [0.25, 0.3) is 11.5 Å². The average molecular weight is 653 g/mol. The minimum absolute atomic E-state index is 0.00641. The number of carbonyl (C=O) groups excluding carboxylic acids is 3. The highest BCUT2D eigenvalue weighted by atomic mass is 19.4. The molecule has 17 heteroatoms. The molecule has 3 amide bonds. The molecule has 2 N–H and O–H groups in total. The van der Waals surface area contributed by atoms with Crippen molar-refractivity contribution >= 4 is 40.6 Å². The van der Waals surface area contributed by atoms with Gasteiger partial charge >= 0.3 is 18.4 Å². The number of benzene rings is 1. The van der Waals surface area contributed by atoms with E-state index in [-0.39, 0.29) is 46.6 Å². The maximum Gasteiger partial charge on any atom is 0.416 e. The first-order chi connectivity index (χ1) is 21.5. The van der Waals surface area contributed by atoms with Crippen LogP contribution in [0.5, 0.6) is 0 Å². The number of nitrogens with one attached hydrogen (secondary N) is 1. The van der Waals surface area contributed by atoms with Crippen LogP contribution < -0.4 is 10.9 Å². The van der Waals surface area contributed by atoms with E-state index in [0.29, 0.717) is 4.57 Å². The van der Waals surface area contributed by atoms with E-state index in [1.165, 1.54) is 37.2 Å². The largest absolute Gasteiger partial charge is 0.464 e. The molecule has 2 heterocycles. The van der Waals surface area contributed by atoms with Crippen molar-refractivity contribution in [2.45, 2.75) is 44.5 Å². The number of alkyl halides is 3. The van der Waals surface area contributed by atoms with E-state index in [0.717, 1.165) is 34.1 Å². The summed E-state index contributed by atoms with van der Waals surface area (Å²) in [5.74, 6) is -2.05. The lowest BCUT2D eigenvalue weighted by atomic mass is 10.1. The summed E-state index contributed by atoms with van der Waals surface area (Å²) >= 11 is 0. The van der Waals surface area contributed by atoms with Gasteiger partial charge in [-0.25, -0.2) is 23.5 Å². The van der Waals surface area contributed by atoms with Gasteiger partial charge in [-0.1, -0.05) is 6.08 Å². The van der Waals surface area contributed by atoms with Gasteiger partial charge in [0.15, 0.2) is 6.10 Å². The SMILES string of the molecule is CN(C)C(=O)C=CCCC(OC(=O)N(C)C)C(=O)Nc1cncn(Cc2cc3cc(F)cc(CCC(F)(F)F)c3n2C(=O)O)c1=O. The standard InChI is InChI=1S/C29H32F4N6O7/c1-36(2)23(40)8-6-5-7-22(46-28(45)37(3)4)25(41)35-21-14-34-16-38(26(21)42)15-20-13-18-12-19(30)11-17(9-10-29(31,32)33)24(18)39(20)27(43)44/h6,8,11-14,16,22H,5,7,9-10,15H2,1-4H3,(H,35,41)(H,43,44). The Labute approximate surface area is 259 Å². The van der Waals surface area contributed by atoms with Crippen molar-refractivity contribution in [3.8, 4) is 0 Å². The number of fused-ring (bicyclic) bond motifs is 1. The molecular formula is C29H32F4N6O7. The summed E-state index contributed by atoms with van der Waals surface area (Å²) in [6, 6.07) is 3.02. The van der Waals surface area contributed by atoms with Gasteiger partial charge in [0, 0.05) is 40.0 Å². The minimum Gasteiger partial charge on any atom is -0.464 e. The summed E-state index contributed by atoms with van der Waals surface area (Å²) < 4.78 is 59.9. The molecule has 1 atom stereocenters. The van der Waals surface area contributed by atoms with E-state index < -0.39 is 61.1 Å². The predicted octanol–water partition coefficient (Wildman–Crippen LogP) is 3.84. The van der Waals surface area contributed by atoms with Gasteiger partial charge in [-0.2, -0.15) is 13.2 Å². The van der Waals surface area contributed by atoms with E-state index in [9.17, 15) is 46.6 Å². The topological polar surface area (TPSA) is 156 Å². The molecule has 0 saturated heterocycles. The van der Waals surface area contributed by atoms with E-state index >= 15 is 0 Å². The number of anilines is 1. The molecule has 3 rings (SSSR count). The molecule has 0 fully saturated rings. The molecular weight excluding hydrogens is 620 g/mol. The first-order valence-electron chi connectivity index (χ1n) is 13.7. The normalized spacial score (nSPS) is 12.3. The Bertz CT molecular complexity index is 1710. The maximum atomic E-state index is 14.3. The lowest BCUT2D eigenvalue weighted by molar-refractivity contribution is -0.134. The van der Waals surface area contributed by atoms with Crippen molar-refractivity contribution < 1.29 is 46.6 Å². The van der Waals surface area contributed by atoms with Crippen LogP contribution >= 0.6 is 0 Å². The fourth-order valence-corrected chi connectivity index (χ4v) is 4.34. The summed E-state index contributed by atoms with van der Waals surface area (Å²) in [5, 5.41) is 12.3. The summed E-state index contributed by atoms with van der Waals surface area (Å²) in [5.41, 5.74) is -1.64. The van der Waals surface area contributed by atoms with Gasteiger partial charge in [-0.05, 0) is 49.1 Å². The summed E-state index contributed by atoms with van der Waals surface area (Å²) in [7, 11) is 5.91. The molecule has 0 aliphatic rings. The lowest BCUT2D eigenvalue weighted by Gasteiger charge is -2.19. The Morgan fingerprint density at radius 3 is 2.41 bits per heavy atom. The van der Waals surface area contributed by atoms with Crippen molar-refractivity contribution in [1.82, 2.24) is 23.9 Å². The average Bonchev–Trinajstić information content (AvgIpc) is 3.32. The second-order valence-electron chi connectivity index (χ2n) is 10.6. The Hall–Kier alpha value is -5.22. The molecule has 2 aromatic heterocycles. The molecule has 46 heavy (non-hydrogen) atoms. The number of likely N-dealkylation sites (N-methyl/N-ethyl adjacent to an activating group) is 1. The fraction of sp³-hybridized carbons (Fsp3) is 0.379. The minimum atomic E-state index is -4.57. The van der Waals surface area contributed by atoms with Gasteiger partial charge in [0.2, 0.25) is 5.91 Å². The Balaban J connectivity index is 1.91. The van der Waals surface area contributed by atoms with E-state index in [4.69, 9.17) is 4.74 Å². The monoisotopic (exact) mass is 652 g/mol. The number of rotatable bonds is 11. The number of hydrogen-bond donors (Lipinski definition) is 2.